The fraction of sp³-hybridized carbons (Fsp3) is 0.208. The van der Waals surface area contributed by atoms with Gasteiger partial charge < -0.3 is 10.7 Å². The molecule has 0 radical (unpaired) electrons. The standard InChI is InChI=1S/C24H23N5/c1-15-3-2-4-22(29-15)24-23(27-14-28-24)17-7-10-21-18(11-17)12-19(13-26-21)16-5-8-20(25)9-6-16/h2-5,7,10-14,20H,6,8-9,25H2,1H3,(H,27,28)/t20-/m1/s1. The van der Waals surface area contributed by atoms with Crippen LogP contribution in [-0.2, 0) is 0 Å². The summed E-state index contributed by atoms with van der Waals surface area (Å²) in [6.45, 7) is 2.00. The number of nitrogens with one attached hydrogen (secondary N) is 1. The predicted octanol–water partition coefficient (Wildman–Crippen LogP) is 4.89. The van der Waals surface area contributed by atoms with E-state index in [4.69, 9.17) is 5.73 Å². The number of H-pyrrole nitrogens is 1. The molecule has 0 aliphatic heterocycles. The van der Waals surface area contributed by atoms with Gasteiger partial charge in [-0.15, -0.1) is 0 Å². The lowest BCUT2D eigenvalue weighted by atomic mass is 9.91. The van der Waals surface area contributed by atoms with Crippen LogP contribution in [0.15, 0.2) is 61.1 Å². The van der Waals surface area contributed by atoms with Gasteiger partial charge in [-0.3, -0.25) is 9.97 Å². The number of aromatic nitrogens is 4. The number of imidazole rings is 1. The molecular weight excluding hydrogens is 358 g/mol. The number of pyridine rings is 2. The van der Waals surface area contributed by atoms with Gasteiger partial charge >= 0.3 is 0 Å². The van der Waals surface area contributed by atoms with E-state index in [9.17, 15) is 0 Å². The average Bonchev–Trinajstić information content (AvgIpc) is 3.23. The van der Waals surface area contributed by atoms with E-state index in [1.807, 2.05) is 31.3 Å². The van der Waals surface area contributed by atoms with Gasteiger partial charge in [0.25, 0.3) is 0 Å². The normalized spacial score (nSPS) is 16.8. The monoisotopic (exact) mass is 381 g/mol. The number of fused-ring (bicyclic) bond motifs is 1. The lowest BCUT2D eigenvalue weighted by molar-refractivity contribution is 0.614. The SMILES string of the molecule is Cc1cccc(-c2[nH]cnc2-c2ccc3ncc(C4=CC[C@@H](N)CC4)cc3c2)n1. The van der Waals surface area contributed by atoms with Crippen molar-refractivity contribution in [1.82, 2.24) is 19.9 Å². The van der Waals surface area contributed by atoms with E-state index in [0.29, 0.717) is 0 Å². The third-order valence-corrected chi connectivity index (χ3v) is 5.56. The summed E-state index contributed by atoms with van der Waals surface area (Å²) in [6, 6.07) is 14.8. The number of rotatable bonds is 3. The number of hydrogen-bond acceptors (Lipinski definition) is 4. The smallest absolute Gasteiger partial charge is 0.0977 e. The lowest BCUT2D eigenvalue weighted by Crippen LogP contribution is -2.21. The fourth-order valence-corrected chi connectivity index (χ4v) is 3.96. The van der Waals surface area contributed by atoms with Gasteiger partial charge in [0.05, 0.1) is 28.9 Å². The van der Waals surface area contributed by atoms with E-state index in [-0.39, 0.29) is 6.04 Å². The molecule has 5 rings (SSSR count). The minimum Gasteiger partial charge on any atom is -0.343 e. The van der Waals surface area contributed by atoms with E-state index in [2.05, 4.69) is 50.3 Å². The Kier molecular flexibility index (Phi) is 4.45. The molecule has 0 bridgehead atoms. The van der Waals surface area contributed by atoms with Gasteiger partial charge in [-0.05, 0) is 67.7 Å². The van der Waals surface area contributed by atoms with Crippen LogP contribution in [0.2, 0.25) is 0 Å². The Morgan fingerprint density at radius 1 is 1.07 bits per heavy atom. The quantitative estimate of drug-likeness (QED) is 0.529. The molecule has 3 aromatic heterocycles. The zero-order chi connectivity index (χ0) is 19.8. The molecule has 3 N–H and O–H groups in total. The predicted molar refractivity (Wildman–Crippen MR) is 117 cm³/mol. The Bertz CT molecular complexity index is 1220. The molecule has 3 heterocycles. The molecule has 0 spiro atoms. The molecule has 1 aromatic carbocycles. The van der Waals surface area contributed by atoms with Gasteiger partial charge in [-0.1, -0.05) is 18.2 Å². The number of aromatic amines is 1. The first-order chi connectivity index (χ1) is 14.2. The summed E-state index contributed by atoms with van der Waals surface area (Å²) in [5.41, 5.74) is 14.3. The van der Waals surface area contributed by atoms with Crippen LogP contribution in [0.3, 0.4) is 0 Å². The van der Waals surface area contributed by atoms with Gasteiger partial charge in [-0.25, -0.2) is 4.98 Å². The van der Waals surface area contributed by atoms with Gasteiger partial charge in [-0.2, -0.15) is 0 Å². The number of allylic oxidation sites excluding steroid dienone is 1. The van der Waals surface area contributed by atoms with Crippen molar-refractivity contribution in [2.24, 2.45) is 5.73 Å². The molecule has 0 amide bonds. The molecule has 5 nitrogen and oxygen atoms in total. The summed E-state index contributed by atoms with van der Waals surface area (Å²) in [4.78, 5) is 17.2. The van der Waals surface area contributed by atoms with Crippen LogP contribution in [0, 0.1) is 6.92 Å². The number of nitrogens with two attached hydrogens (primary N) is 1. The summed E-state index contributed by atoms with van der Waals surface area (Å²) in [5, 5.41) is 1.11. The fourth-order valence-electron chi connectivity index (χ4n) is 3.96. The maximum atomic E-state index is 6.04. The van der Waals surface area contributed by atoms with Crippen molar-refractivity contribution in [2.45, 2.75) is 32.2 Å². The van der Waals surface area contributed by atoms with E-state index < -0.39 is 0 Å². The maximum Gasteiger partial charge on any atom is 0.0977 e. The summed E-state index contributed by atoms with van der Waals surface area (Å²) < 4.78 is 0. The average molecular weight is 381 g/mol. The number of hydrogen-bond donors (Lipinski definition) is 2. The second kappa shape index (κ2) is 7.26. The maximum absolute atomic E-state index is 6.04. The summed E-state index contributed by atoms with van der Waals surface area (Å²) >= 11 is 0. The van der Waals surface area contributed by atoms with Gasteiger partial charge in [0.2, 0.25) is 0 Å². The van der Waals surface area contributed by atoms with Crippen molar-refractivity contribution in [3.8, 4) is 22.6 Å². The zero-order valence-corrected chi connectivity index (χ0v) is 16.4. The van der Waals surface area contributed by atoms with E-state index in [1.54, 1.807) is 6.33 Å². The lowest BCUT2D eigenvalue weighted by Gasteiger charge is -2.18. The van der Waals surface area contributed by atoms with Crippen LogP contribution < -0.4 is 5.73 Å². The van der Waals surface area contributed by atoms with Crippen LogP contribution in [-0.4, -0.2) is 26.0 Å². The summed E-state index contributed by atoms with van der Waals surface area (Å²) in [5.74, 6) is 0. The van der Waals surface area contributed by atoms with Crippen molar-refractivity contribution in [2.75, 3.05) is 0 Å². The molecule has 1 aliphatic rings. The minimum atomic E-state index is 0.284. The highest BCUT2D eigenvalue weighted by atomic mass is 14.9. The highest BCUT2D eigenvalue weighted by Crippen LogP contribution is 2.32. The third kappa shape index (κ3) is 3.45. The van der Waals surface area contributed by atoms with Gasteiger partial charge in [0, 0.05) is 28.9 Å². The van der Waals surface area contributed by atoms with E-state index in [1.165, 1.54) is 11.1 Å². The van der Waals surface area contributed by atoms with Crippen molar-refractivity contribution in [3.05, 3.63) is 72.3 Å². The molecule has 0 saturated heterocycles. The Hall–Kier alpha value is -3.31. The van der Waals surface area contributed by atoms with Crippen molar-refractivity contribution in [3.63, 3.8) is 0 Å². The molecule has 5 heteroatoms. The molecule has 0 fully saturated rings. The Labute approximate surface area is 169 Å². The van der Waals surface area contributed by atoms with Crippen LogP contribution in [0.4, 0.5) is 0 Å². The van der Waals surface area contributed by atoms with E-state index >= 15 is 0 Å². The zero-order valence-electron chi connectivity index (χ0n) is 16.4. The third-order valence-electron chi connectivity index (χ3n) is 5.56. The highest BCUT2D eigenvalue weighted by molar-refractivity contribution is 5.88. The van der Waals surface area contributed by atoms with Crippen LogP contribution in [0.5, 0.6) is 0 Å². The summed E-state index contributed by atoms with van der Waals surface area (Å²) in [7, 11) is 0. The minimum absolute atomic E-state index is 0.284. The molecular formula is C24H23N5. The molecule has 4 aromatic rings. The van der Waals surface area contributed by atoms with Gasteiger partial charge in [0.1, 0.15) is 0 Å². The topological polar surface area (TPSA) is 80.5 Å². The number of nitrogens with zero attached hydrogens (tertiary/aromatic N) is 3. The molecule has 1 aliphatic carbocycles. The summed E-state index contributed by atoms with van der Waals surface area (Å²) in [6.07, 6.45) is 8.94. The van der Waals surface area contributed by atoms with Crippen LogP contribution in [0.1, 0.15) is 30.5 Å². The second-order valence-corrected chi connectivity index (χ2v) is 7.69. The first kappa shape index (κ1) is 17.8. The first-order valence-corrected chi connectivity index (χ1v) is 10.00. The molecule has 29 heavy (non-hydrogen) atoms. The largest absolute Gasteiger partial charge is 0.343 e. The molecule has 144 valence electrons. The van der Waals surface area contributed by atoms with Crippen molar-refractivity contribution in [1.29, 1.82) is 0 Å². The van der Waals surface area contributed by atoms with Crippen molar-refractivity contribution >= 4 is 16.5 Å². The Morgan fingerprint density at radius 2 is 1.97 bits per heavy atom. The Morgan fingerprint density at radius 3 is 2.79 bits per heavy atom. The molecule has 0 saturated carbocycles. The highest BCUT2D eigenvalue weighted by Gasteiger charge is 2.15. The van der Waals surface area contributed by atoms with Crippen molar-refractivity contribution < 1.29 is 0 Å². The number of benzene rings is 1. The Balaban J connectivity index is 1.56. The van der Waals surface area contributed by atoms with Crippen LogP contribution in [0.25, 0.3) is 39.1 Å². The van der Waals surface area contributed by atoms with E-state index in [0.717, 1.165) is 58.5 Å². The molecule has 0 unspecified atom stereocenters. The van der Waals surface area contributed by atoms with Gasteiger partial charge in [0.15, 0.2) is 0 Å². The second-order valence-electron chi connectivity index (χ2n) is 7.69. The molecule has 1 atom stereocenters. The van der Waals surface area contributed by atoms with Crippen LogP contribution >= 0.6 is 0 Å². The first-order valence-electron chi connectivity index (χ1n) is 10.00. The number of aryl methyl sites for hydroxylation is 1.